The molecule has 0 radical (unpaired) electrons. The molecule has 0 saturated heterocycles. The van der Waals surface area contributed by atoms with Crippen LogP contribution in [0.15, 0.2) is 29.4 Å². The SMILES string of the molecule is CN=C(NCCc1nnc2ccccn12)NC1CCC(C(F)(F)F)CC1. The molecule has 1 aliphatic carbocycles. The van der Waals surface area contributed by atoms with Gasteiger partial charge in [-0.15, -0.1) is 10.2 Å². The number of pyridine rings is 1. The highest BCUT2D eigenvalue weighted by Crippen LogP contribution is 2.37. The Bertz CT molecular complexity index is 746. The zero-order valence-corrected chi connectivity index (χ0v) is 14.6. The average molecular weight is 368 g/mol. The number of hydrogen-bond acceptors (Lipinski definition) is 3. The normalized spacial score (nSPS) is 21.8. The molecule has 6 nitrogen and oxygen atoms in total. The molecule has 1 aliphatic rings. The van der Waals surface area contributed by atoms with E-state index in [1.165, 1.54) is 0 Å². The van der Waals surface area contributed by atoms with Crippen molar-refractivity contribution in [1.29, 1.82) is 0 Å². The predicted octanol–water partition coefficient (Wildman–Crippen LogP) is 2.56. The number of halogens is 3. The second kappa shape index (κ2) is 7.92. The maximum absolute atomic E-state index is 12.7. The van der Waals surface area contributed by atoms with Gasteiger partial charge in [0.1, 0.15) is 5.82 Å². The van der Waals surface area contributed by atoms with E-state index in [-0.39, 0.29) is 18.9 Å². The summed E-state index contributed by atoms with van der Waals surface area (Å²) in [4.78, 5) is 4.16. The fourth-order valence-electron chi connectivity index (χ4n) is 3.31. The molecule has 2 N–H and O–H groups in total. The smallest absolute Gasteiger partial charge is 0.356 e. The van der Waals surface area contributed by atoms with Gasteiger partial charge in [0.2, 0.25) is 0 Å². The Morgan fingerprint density at radius 2 is 2.00 bits per heavy atom. The van der Waals surface area contributed by atoms with Gasteiger partial charge in [-0.3, -0.25) is 9.39 Å². The Kier molecular flexibility index (Phi) is 5.63. The zero-order chi connectivity index (χ0) is 18.6. The molecule has 0 bridgehead atoms. The predicted molar refractivity (Wildman–Crippen MR) is 93.0 cm³/mol. The third kappa shape index (κ3) is 4.44. The summed E-state index contributed by atoms with van der Waals surface area (Å²) in [7, 11) is 1.66. The quantitative estimate of drug-likeness (QED) is 0.643. The number of alkyl halides is 3. The molecule has 9 heteroatoms. The minimum Gasteiger partial charge on any atom is -0.356 e. The van der Waals surface area contributed by atoms with Crippen molar-refractivity contribution in [2.24, 2.45) is 10.9 Å². The summed E-state index contributed by atoms with van der Waals surface area (Å²) in [5, 5.41) is 14.7. The van der Waals surface area contributed by atoms with Crippen molar-refractivity contribution in [2.45, 2.75) is 44.3 Å². The summed E-state index contributed by atoms with van der Waals surface area (Å²) < 4.78 is 40.1. The van der Waals surface area contributed by atoms with Crippen LogP contribution in [0.1, 0.15) is 31.5 Å². The second-order valence-electron chi connectivity index (χ2n) is 6.53. The summed E-state index contributed by atoms with van der Waals surface area (Å²) in [5.41, 5.74) is 0.798. The lowest BCUT2D eigenvalue weighted by Crippen LogP contribution is -2.46. The Balaban J connectivity index is 1.45. The number of fused-ring (bicyclic) bond motifs is 1. The number of aliphatic imine (C=N–C) groups is 1. The van der Waals surface area contributed by atoms with Gasteiger partial charge in [-0.25, -0.2) is 0 Å². The highest BCUT2D eigenvalue weighted by Gasteiger charge is 2.41. The number of nitrogens with zero attached hydrogens (tertiary/aromatic N) is 4. The van der Waals surface area contributed by atoms with E-state index in [2.05, 4.69) is 25.8 Å². The van der Waals surface area contributed by atoms with E-state index in [1.54, 1.807) is 7.05 Å². The molecule has 2 aromatic heterocycles. The van der Waals surface area contributed by atoms with Crippen molar-refractivity contribution in [3.05, 3.63) is 30.2 Å². The molecule has 142 valence electrons. The van der Waals surface area contributed by atoms with E-state index in [9.17, 15) is 13.2 Å². The largest absolute Gasteiger partial charge is 0.391 e. The van der Waals surface area contributed by atoms with Crippen LogP contribution in [0.3, 0.4) is 0 Å². The van der Waals surface area contributed by atoms with Crippen LogP contribution in [0, 0.1) is 5.92 Å². The minimum atomic E-state index is -4.08. The van der Waals surface area contributed by atoms with Gasteiger partial charge in [-0.1, -0.05) is 6.07 Å². The maximum Gasteiger partial charge on any atom is 0.391 e. The molecule has 2 aromatic rings. The van der Waals surface area contributed by atoms with E-state index < -0.39 is 12.1 Å². The molecule has 1 fully saturated rings. The first-order chi connectivity index (χ1) is 12.5. The van der Waals surface area contributed by atoms with E-state index in [4.69, 9.17) is 0 Å². The molecular formula is C17H23F3N6. The van der Waals surface area contributed by atoms with E-state index >= 15 is 0 Å². The summed E-state index contributed by atoms with van der Waals surface area (Å²) >= 11 is 0. The van der Waals surface area contributed by atoms with Gasteiger partial charge in [0.05, 0.1) is 5.92 Å². The Labute approximate surface area is 149 Å². The molecule has 0 aliphatic heterocycles. The molecule has 2 heterocycles. The second-order valence-corrected chi connectivity index (χ2v) is 6.53. The lowest BCUT2D eigenvalue weighted by Gasteiger charge is -2.31. The average Bonchev–Trinajstić information content (AvgIpc) is 3.04. The fourth-order valence-corrected chi connectivity index (χ4v) is 3.31. The van der Waals surface area contributed by atoms with E-state index in [0.717, 1.165) is 11.5 Å². The summed E-state index contributed by atoms with van der Waals surface area (Å²) in [5.74, 6) is 0.278. The van der Waals surface area contributed by atoms with Crippen LogP contribution in [0.5, 0.6) is 0 Å². The van der Waals surface area contributed by atoms with Crippen LogP contribution in [-0.2, 0) is 6.42 Å². The zero-order valence-electron chi connectivity index (χ0n) is 14.6. The number of hydrogen-bond donors (Lipinski definition) is 2. The van der Waals surface area contributed by atoms with Crippen LogP contribution in [0.25, 0.3) is 5.65 Å². The molecular weight excluding hydrogens is 345 g/mol. The van der Waals surface area contributed by atoms with Crippen LogP contribution < -0.4 is 10.6 Å². The van der Waals surface area contributed by atoms with Gasteiger partial charge in [0, 0.05) is 32.3 Å². The number of aromatic nitrogens is 3. The van der Waals surface area contributed by atoms with Crippen molar-refractivity contribution >= 4 is 11.6 Å². The molecule has 0 aromatic carbocycles. The van der Waals surface area contributed by atoms with Gasteiger partial charge < -0.3 is 10.6 Å². The van der Waals surface area contributed by atoms with E-state index in [1.807, 2.05) is 28.8 Å². The van der Waals surface area contributed by atoms with Crippen LogP contribution >= 0.6 is 0 Å². The van der Waals surface area contributed by atoms with Gasteiger partial charge >= 0.3 is 6.18 Å². The number of guanidine groups is 1. The van der Waals surface area contributed by atoms with Crippen molar-refractivity contribution in [1.82, 2.24) is 25.2 Å². The first-order valence-corrected chi connectivity index (χ1v) is 8.80. The maximum atomic E-state index is 12.7. The lowest BCUT2D eigenvalue weighted by atomic mass is 9.85. The highest BCUT2D eigenvalue weighted by atomic mass is 19.4. The molecule has 3 rings (SSSR count). The van der Waals surface area contributed by atoms with Crippen LogP contribution in [0.2, 0.25) is 0 Å². The monoisotopic (exact) mass is 368 g/mol. The number of rotatable bonds is 4. The van der Waals surface area contributed by atoms with Crippen molar-refractivity contribution in [3.8, 4) is 0 Å². The standard InChI is InChI=1S/C17H23F3N6/c1-21-16(23-13-7-5-12(6-8-13)17(18,19)20)22-10-9-15-25-24-14-4-2-3-11-26(14)15/h2-4,11-13H,5-10H2,1H3,(H2,21,22,23). The van der Waals surface area contributed by atoms with Crippen LogP contribution in [0.4, 0.5) is 13.2 Å². The van der Waals surface area contributed by atoms with Gasteiger partial charge in [0.15, 0.2) is 11.6 Å². The first-order valence-electron chi connectivity index (χ1n) is 8.80. The molecule has 0 amide bonds. The third-order valence-electron chi connectivity index (χ3n) is 4.78. The Hall–Kier alpha value is -2.32. The molecule has 0 atom stereocenters. The van der Waals surface area contributed by atoms with Crippen LogP contribution in [-0.4, -0.2) is 46.4 Å². The van der Waals surface area contributed by atoms with Crippen molar-refractivity contribution < 1.29 is 13.2 Å². The van der Waals surface area contributed by atoms with Crippen molar-refractivity contribution in [3.63, 3.8) is 0 Å². The van der Waals surface area contributed by atoms with Gasteiger partial charge in [0.25, 0.3) is 0 Å². The summed E-state index contributed by atoms with van der Waals surface area (Å²) in [6.45, 7) is 0.604. The third-order valence-corrected chi connectivity index (χ3v) is 4.78. The summed E-state index contributed by atoms with van der Waals surface area (Å²) in [6, 6.07) is 5.74. The first kappa shape index (κ1) is 18.5. The molecule has 1 saturated carbocycles. The molecule has 0 spiro atoms. The fraction of sp³-hybridized carbons (Fsp3) is 0.588. The minimum absolute atomic E-state index is 0.0220. The van der Waals surface area contributed by atoms with E-state index in [0.29, 0.717) is 31.8 Å². The number of nitrogens with one attached hydrogen (secondary N) is 2. The van der Waals surface area contributed by atoms with Gasteiger partial charge in [-0.2, -0.15) is 13.2 Å². The van der Waals surface area contributed by atoms with Gasteiger partial charge in [-0.05, 0) is 37.8 Å². The Morgan fingerprint density at radius 3 is 2.69 bits per heavy atom. The molecule has 26 heavy (non-hydrogen) atoms. The molecule has 0 unspecified atom stereocenters. The summed E-state index contributed by atoms with van der Waals surface area (Å²) in [6.07, 6.45) is -0.164. The highest BCUT2D eigenvalue weighted by molar-refractivity contribution is 5.79. The Morgan fingerprint density at radius 1 is 1.23 bits per heavy atom. The topological polar surface area (TPSA) is 66.6 Å². The lowest BCUT2D eigenvalue weighted by molar-refractivity contribution is -0.182. The van der Waals surface area contributed by atoms with Crippen molar-refractivity contribution in [2.75, 3.05) is 13.6 Å².